The van der Waals surface area contributed by atoms with Gasteiger partial charge >= 0.3 is 0 Å². The van der Waals surface area contributed by atoms with Gasteiger partial charge in [-0.3, -0.25) is 9.59 Å². The van der Waals surface area contributed by atoms with E-state index in [1.165, 1.54) is 34.1 Å². The molecule has 1 aliphatic rings. The molecular weight excluding hydrogens is 309 g/mol. The zero-order valence-electron chi connectivity index (χ0n) is 13.0. The standard InChI is InChI=1S/C18H14FN3O2/c1-21-16-10-14(19)5-6-15(16)22(8-7-17(21)23)18(24)13-4-2-3-12(9-13)11-20/h2-6,9-10H,7-8H2,1H3. The van der Waals surface area contributed by atoms with Gasteiger partial charge in [-0.15, -0.1) is 0 Å². The Morgan fingerprint density at radius 3 is 2.75 bits per heavy atom. The van der Waals surface area contributed by atoms with E-state index in [4.69, 9.17) is 5.26 Å². The molecule has 1 heterocycles. The van der Waals surface area contributed by atoms with Crippen LogP contribution in [0.4, 0.5) is 15.8 Å². The lowest BCUT2D eigenvalue weighted by atomic mass is 10.1. The number of rotatable bonds is 1. The summed E-state index contributed by atoms with van der Waals surface area (Å²) in [4.78, 5) is 27.8. The number of halogens is 1. The topological polar surface area (TPSA) is 64.4 Å². The first kappa shape index (κ1) is 15.7. The molecule has 120 valence electrons. The summed E-state index contributed by atoms with van der Waals surface area (Å²) in [5.74, 6) is -1.000. The number of fused-ring (bicyclic) bond motifs is 1. The normalized spacial score (nSPS) is 14.0. The molecule has 0 unspecified atom stereocenters. The third kappa shape index (κ3) is 2.72. The average molecular weight is 323 g/mol. The second-order valence-electron chi connectivity index (χ2n) is 5.49. The zero-order chi connectivity index (χ0) is 17.3. The molecule has 0 atom stereocenters. The van der Waals surface area contributed by atoms with Crippen molar-refractivity contribution >= 4 is 23.2 Å². The first-order valence-electron chi connectivity index (χ1n) is 7.39. The summed E-state index contributed by atoms with van der Waals surface area (Å²) in [5.41, 5.74) is 1.55. The van der Waals surface area contributed by atoms with Crippen LogP contribution in [-0.2, 0) is 4.79 Å². The Kier molecular flexibility index (Phi) is 4.00. The molecule has 0 fully saturated rings. The van der Waals surface area contributed by atoms with E-state index in [0.717, 1.165) is 0 Å². The minimum atomic E-state index is -0.478. The summed E-state index contributed by atoms with van der Waals surface area (Å²) in [6, 6.07) is 12.3. The lowest BCUT2D eigenvalue weighted by Crippen LogP contribution is -2.32. The van der Waals surface area contributed by atoms with E-state index < -0.39 is 5.82 Å². The SMILES string of the molecule is CN1C(=O)CCN(C(=O)c2cccc(C#N)c2)c2ccc(F)cc21. The molecule has 0 spiro atoms. The van der Waals surface area contributed by atoms with E-state index in [1.54, 1.807) is 25.2 Å². The number of nitriles is 1. The second kappa shape index (κ2) is 6.13. The van der Waals surface area contributed by atoms with Crippen molar-refractivity contribution in [1.29, 1.82) is 5.26 Å². The molecule has 2 amide bonds. The lowest BCUT2D eigenvalue weighted by molar-refractivity contribution is -0.118. The molecule has 0 aliphatic carbocycles. The molecule has 5 nitrogen and oxygen atoms in total. The molecule has 2 aromatic rings. The maximum atomic E-state index is 13.6. The molecule has 0 radical (unpaired) electrons. The Bertz CT molecular complexity index is 873. The van der Waals surface area contributed by atoms with Gasteiger partial charge in [0.1, 0.15) is 5.82 Å². The molecule has 0 saturated heterocycles. The summed E-state index contributed by atoms with van der Waals surface area (Å²) >= 11 is 0. The number of hydrogen-bond acceptors (Lipinski definition) is 3. The maximum absolute atomic E-state index is 13.6. The van der Waals surface area contributed by atoms with Gasteiger partial charge in [0, 0.05) is 25.6 Å². The van der Waals surface area contributed by atoms with E-state index in [0.29, 0.717) is 22.5 Å². The van der Waals surface area contributed by atoms with E-state index in [2.05, 4.69) is 0 Å². The number of anilines is 2. The van der Waals surface area contributed by atoms with E-state index in [9.17, 15) is 14.0 Å². The molecular formula is C18H14FN3O2. The third-order valence-electron chi connectivity index (χ3n) is 4.00. The third-order valence-corrected chi connectivity index (χ3v) is 4.00. The van der Waals surface area contributed by atoms with Gasteiger partial charge in [0.15, 0.2) is 0 Å². The van der Waals surface area contributed by atoms with Crippen LogP contribution < -0.4 is 9.80 Å². The van der Waals surface area contributed by atoms with Crippen LogP contribution in [0.5, 0.6) is 0 Å². The van der Waals surface area contributed by atoms with Crippen molar-refractivity contribution in [2.24, 2.45) is 0 Å². The molecule has 0 bridgehead atoms. The van der Waals surface area contributed by atoms with Crippen LogP contribution >= 0.6 is 0 Å². The molecule has 1 aliphatic heterocycles. The average Bonchev–Trinajstić information content (AvgIpc) is 2.72. The Morgan fingerprint density at radius 1 is 1.21 bits per heavy atom. The van der Waals surface area contributed by atoms with Crippen molar-refractivity contribution in [3.8, 4) is 6.07 Å². The van der Waals surface area contributed by atoms with E-state index in [1.807, 2.05) is 6.07 Å². The minimum Gasteiger partial charge on any atom is -0.313 e. The first-order chi connectivity index (χ1) is 11.5. The van der Waals surface area contributed by atoms with E-state index in [-0.39, 0.29) is 24.8 Å². The van der Waals surface area contributed by atoms with Crippen LogP contribution in [0.2, 0.25) is 0 Å². The van der Waals surface area contributed by atoms with Gasteiger partial charge < -0.3 is 9.80 Å². The summed E-state index contributed by atoms with van der Waals surface area (Å²) in [5, 5.41) is 8.99. The molecule has 0 saturated carbocycles. The predicted molar refractivity (Wildman–Crippen MR) is 87.3 cm³/mol. The Morgan fingerprint density at radius 2 is 2.00 bits per heavy atom. The van der Waals surface area contributed by atoms with Crippen LogP contribution in [0.15, 0.2) is 42.5 Å². The fraction of sp³-hybridized carbons (Fsp3) is 0.167. The van der Waals surface area contributed by atoms with Gasteiger partial charge in [-0.1, -0.05) is 6.07 Å². The molecule has 3 rings (SSSR count). The summed E-state index contributed by atoms with van der Waals surface area (Å²) in [7, 11) is 1.56. The van der Waals surface area contributed by atoms with Crippen molar-refractivity contribution in [3.05, 3.63) is 59.4 Å². The quantitative estimate of drug-likeness (QED) is 0.810. The number of carbonyl (C=O) groups is 2. The number of benzene rings is 2. The van der Waals surface area contributed by atoms with Gasteiger partial charge in [0.05, 0.1) is 23.0 Å². The Labute approximate surface area is 138 Å². The minimum absolute atomic E-state index is 0.135. The summed E-state index contributed by atoms with van der Waals surface area (Å²) in [6.45, 7) is 0.192. The van der Waals surface area contributed by atoms with Crippen LogP contribution in [0.3, 0.4) is 0 Å². The molecule has 2 aromatic carbocycles. The molecule has 0 N–H and O–H groups in total. The highest BCUT2D eigenvalue weighted by molar-refractivity contribution is 6.11. The smallest absolute Gasteiger partial charge is 0.258 e. The van der Waals surface area contributed by atoms with Crippen LogP contribution in [0.25, 0.3) is 0 Å². The molecule has 24 heavy (non-hydrogen) atoms. The number of amides is 2. The predicted octanol–water partition coefficient (Wildman–Crippen LogP) is 2.71. The lowest BCUT2D eigenvalue weighted by Gasteiger charge is -2.23. The van der Waals surface area contributed by atoms with Gasteiger partial charge in [-0.25, -0.2) is 4.39 Å². The second-order valence-corrected chi connectivity index (χ2v) is 5.49. The van der Waals surface area contributed by atoms with Crippen molar-refractivity contribution in [3.63, 3.8) is 0 Å². The monoisotopic (exact) mass is 323 g/mol. The zero-order valence-corrected chi connectivity index (χ0v) is 13.0. The Balaban J connectivity index is 2.07. The summed E-state index contributed by atoms with van der Waals surface area (Å²) in [6.07, 6.45) is 0.135. The van der Waals surface area contributed by atoms with Crippen LogP contribution in [0, 0.1) is 17.1 Å². The van der Waals surface area contributed by atoms with Crippen molar-refractivity contribution in [2.75, 3.05) is 23.4 Å². The highest BCUT2D eigenvalue weighted by Crippen LogP contribution is 2.33. The van der Waals surface area contributed by atoms with Gasteiger partial charge in [0.2, 0.25) is 5.91 Å². The van der Waals surface area contributed by atoms with Crippen molar-refractivity contribution < 1.29 is 14.0 Å². The fourth-order valence-corrected chi connectivity index (χ4v) is 2.71. The van der Waals surface area contributed by atoms with Gasteiger partial charge in [0.25, 0.3) is 5.91 Å². The van der Waals surface area contributed by atoms with Gasteiger partial charge in [-0.05, 0) is 36.4 Å². The van der Waals surface area contributed by atoms with E-state index >= 15 is 0 Å². The van der Waals surface area contributed by atoms with Crippen LogP contribution in [0.1, 0.15) is 22.3 Å². The molecule has 0 aromatic heterocycles. The molecule has 6 heteroatoms. The number of carbonyl (C=O) groups excluding carboxylic acids is 2. The number of nitrogens with zero attached hydrogens (tertiary/aromatic N) is 3. The van der Waals surface area contributed by atoms with Crippen molar-refractivity contribution in [2.45, 2.75) is 6.42 Å². The van der Waals surface area contributed by atoms with Crippen molar-refractivity contribution in [1.82, 2.24) is 0 Å². The van der Waals surface area contributed by atoms with Crippen LogP contribution in [-0.4, -0.2) is 25.4 Å². The fourth-order valence-electron chi connectivity index (χ4n) is 2.71. The summed E-state index contributed by atoms with van der Waals surface area (Å²) < 4.78 is 13.6. The number of hydrogen-bond donors (Lipinski definition) is 0. The van der Waals surface area contributed by atoms with Gasteiger partial charge in [-0.2, -0.15) is 5.26 Å². The highest BCUT2D eigenvalue weighted by atomic mass is 19.1. The Hall–Kier alpha value is -3.20. The largest absolute Gasteiger partial charge is 0.313 e. The maximum Gasteiger partial charge on any atom is 0.258 e. The highest BCUT2D eigenvalue weighted by Gasteiger charge is 2.28. The first-order valence-corrected chi connectivity index (χ1v) is 7.39.